The third-order valence-electron chi connectivity index (χ3n) is 2.11. The Balaban J connectivity index is 2.46. The van der Waals surface area contributed by atoms with Crippen LogP contribution in [0.1, 0.15) is 10.6 Å². The topological polar surface area (TPSA) is 82.2 Å². The molecule has 82 valence electrons. The van der Waals surface area contributed by atoms with Crippen LogP contribution in [-0.2, 0) is 0 Å². The summed E-state index contributed by atoms with van der Waals surface area (Å²) in [7, 11) is 0. The van der Waals surface area contributed by atoms with E-state index in [1.165, 1.54) is 6.07 Å². The van der Waals surface area contributed by atoms with Crippen LogP contribution in [0.25, 0.3) is 11.3 Å². The first-order chi connectivity index (χ1) is 7.58. The van der Waals surface area contributed by atoms with Gasteiger partial charge < -0.3 is 15.9 Å². The Morgan fingerprint density at radius 2 is 2.00 bits per heavy atom. The number of nitrogens with two attached hydrogens (primary N) is 2. The molecule has 0 atom stereocenters. The van der Waals surface area contributed by atoms with E-state index >= 15 is 0 Å². The Kier molecular flexibility index (Phi) is 2.58. The maximum atomic E-state index is 10.9. The van der Waals surface area contributed by atoms with Crippen LogP contribution in [0.15, 0.2) is 34.7 Å². The SMILES string of the molecule is NC(=O)c1ccc(-c2ccc(N)cc2Cl)o1. The lowest BCUT2D eigenvalue weighted by atomic mass is 10.1. The Labute approximate surface area is 96.8 Å². The second-order valence-corrected chi connectivity index (χ2v) is 3.67. The molecule has 1 aromatic heterocycles. The van der Waals surface area contributed by atoms with Crippen molar-refractivity contribution in [1.29, 1.82) is 0 Å². The maximum absolute atomic E-state index is 10.9. The number of benzene rings is 1. The molecule has 4 nitrogen and oxygen atoms in total. The second kappa shape index (κ2) is 3.90. The van der Waals surface area contributed by atoms with E-state index < -0.39 is 5.91 Å². The molecule has 0 unspecified atom stereocenters. The third kappa shape index (κ3) is 1.87. The molecule has 0 radical (unpaired) electrons. The fourth-order valence-electron chi connectivity index (χ4n) is 1.35. The van der Waals surface area contributed by atoms with Gasteiger partial charge in [-0.2, -0.15) is 0 Å². The zero-order chi connectivity index (χ0) is 11.7. The minimum Gasteiger partial charge on any atom is -0.451 e. The Morgan fingerprint density at radius 3 is 2.56 bits per heavy atom. The molecule has 5 heteroatoms. The molecule has 0 saturated carbocycles. The van der Waals surface area contributed by atoms with Crippen molar-refractivity contribution >= 4 is 23.2 Å². The van der Waals surface area contributed by atoms with Crippen LogP contribution < -0.4 is 11.5 Å². The van der Waals surface area contributed by atoms with Gasteiger partial charge in [0.1, 0.15) is 5.76 Å². The molecule has 1 amide bonds. The molecule has 0 bridgehead atoms. The molecule has 0 aliphatic carbocycles. The molecule has 0 aliphatic rings. The van der Waals surface area contributed by atoms with E-state index in [0.29, 0.717) is 22.0 Å². The van der Waals surface area contributed by atoms with Crippen LogP contribution in [0.4, 0.5) is 5.69 Å². The number of primary amides is 1. The van der Waals surface area contributed by atoms with Crippen LogP contribution in [-0.4, -0.2) is 5.91 Å². The smallest absolute Gasteiger partial charge is 0.284 e. The first-order valence-electron chi connectivity index (χ1n) is 4.53. The van der Waals surface area contributed by atoms with Gasteiger partial charge in [-0.25, -0.2) is 0 Å². The highest BCUT2D eigenvalue weighted by Gasteiger charge is 2.11. The molecule has 0 spiro atoms. The predicted octanol–water partition coefficient (Wildman–Crippen LogP) is 2.28. The van der Waals surface area contributed by atoms with E-state index in [4.69, 9.17) is 27.5 Å². The number of halogens is 1. The van der Waals surface area contributed by atoms with Gasteiger partial charge in [0, 0.05) is 11.3 Å². The number of hydrogen-bond acceptors (Lipinski definition) is 3. The second-order valence-electron chi connectivity index (χ2n) is 3.27. The van der Waals surface area contributed by atoms with Crippen molar-refractivity contribution < 1.29 is 9.21 Å². The minimum absolute atomic E-state index is 0.0999. The molecule has 4 N–H and O–H groups in total. The van der Waals surface area contributed by atoms with Gasteiger partial charge in [0.05, 0.1) is 5.02 Å². The van der Waals surface area contributed by atoms with Gasteiger partial charge in [0.2, 0.25) is 0 Å². The maximum Gasteiger partial charge on any atom is 0.284 e. The molecule has 2 aromatic rings. The van der Waals surface area contributed by atoms with Crippen LogP contribution in [0.3, 0.4) is 0 Å². The van der Waals surface area contributed by atoms with Gasteiger partial charge in [-0.15, -0.1) is 0 Å². The van der Waals surface area contributed by atoms with Crippen LogP contribution >= 0.6 is 11.6 Å². The summed E-state index contributed by atoms with van der Waals surface area (Å²) in [5.41, 5.74) is 11.9. The zero-order valence-corrected chi connectivity index (χ0v) is 8.99. The number of nitrogen functional groups attached to an aromatic ring is 1. The number of hydrogen-bond donors (Lipinski definition) is 2. The number of carbonyl (C=O) groups excluding carboxylic acids is 1. The Bertz CT molecular complexity index is 549. The number of rotatable bonds is 2. The first-order valence-corrected chi connectivity index (χ1v) is 4.91. The van der Waals surface area contributed by atoms with Gasteiger partial charge in [-0.1, -0.05) is 11.6 Å². The van der Waals surface area contributed by atoms with E-state index in [-0.39, 0.29) is 5.76 Å². The van der Waals surface area contributed by atoms with Crippen LogP contribution in [0.5, 0.6) is 0 Å². The van der Waals surface area contributed by atoms with E-state index in [9.17, 15) is 4.79 Å². The minimum atomic E-state index is -0.613. The summed E-state index contributed by atoms with van der Waals surface area (Å²) >= 11 is 6.00. The zero-order valence-electron chi connectivity index (χ0n) is 8.24. The molecule has 0 saturated heterocycles. The lowest BCUT2D eigenvalue weighted by Crippen LogP contribution is -2.09. The molecule has 16 heavy (non-hydrogen) atoms. The molecule has 1 aromatic carbocycles. The quantitative estimate of drug-likeness (QED) is 0.785. The summed E-state index contributed by atoms with van der Waals surface area (Å²) in [6.45, 7) is 0. The van der Waals surface area contributed by atoms with Crippen molar-refractivity contribution in [2.45, 2.75) is 0 Å². The molecule has 1 heterocycles. The number of anilines is 1. The summed E-state index contributed by atoms with van der Waals surface area (Å²) in [6, 6.07) is 8.18. The molecule has 2 rings (SSSR count). The number of furan rings is 1. The standard InChI is InChI=1S/C11H9ClN2O2/c12-8-5-6(13)1-2-7(8)9-3-4-10(16-9)11(14)15/h1-5H,13H2,(H2,14,15). The molecular formula is C11H9ClN2O2. The van der Waals surface area contributed by atoms with E-state index in [1.807, 2.05) is 0 Å². The average Bonchev–Trinajstić information content (AvgIpc) is 2.66. The van der Waals surface area contributed by atoms with Gasteiger partial charge >= 0.3 is 0 Å². The van der Waals surface area contributed by atoms with Crippen molar-refractivity contribution in [3.63, 3.8) is 0 Å². The lowest BCUT2D eigenvalue weighted by molar-refractivity contribution is 0.0974. The van der Waals surface area contributed by atoms with Crippen molar-refractivity contribution in [3.05, 3.63) is 41.1 Å². The number of amides is 1. The third-order valence-corrected chi connectivity index (χ3v) is 2.42. The highest BCUT2D eigenvalue weighted by molar-refractivity contribution is 6.33. The van der Waals surface area contributed by atoms with Crippen molar-refractivity contribution in [1.82, 2.24) is 0 Å². The van der Waals surface area contributed by atoms with Gasteiger partial charge in [0.15, 0.2) is 5.76 Å². The molecule has 0 aliphatic heterocycles. The lowest BCUT2D eigenvalue weighted by Gasteiger charge is -2.01. The monoisotopic (exact) mass is 236 g/mol. The van der Waals surface area contributed by atoms with E-state index in [0.717, 1.165) is 0 Å². The largest absolute Gasteiger partial charge is 0.451 e. The fraction of sp³-hybridized carbons (Fsp3) is 0. The normalized spacial score (nSPS) is 10.3. The van der Waals surface area contributed by atoms with Crippen LogP contribution in [0, 0.1) is 0 Å². The molecular weight excluding hydrogens is 228 g/mol. The summed E-state index contributed by atoms with van der Waals surface area (Å²) in [5.74, 6) is -0.0282. The van der Waals surface area contributed by atoms with Crippen molar-refractivity contribution in [3.8, 4) is 11.3 Å². The van der Waals surface area contributed by atoms with Gasteiger partial charge in [-0.3, -0.25) is 4.79 Å². The molecule has 0 fully saturated rings. The van der Waals surface area contributed by atoms with Gasteiger partial charge in [0.25, 0.3) is 5.91 Å². The van der Waals surface area contributed by atoms with Crippen molar-refractivity contribution in [2.75, 3.05) is 5.73 Å². The summed E-state index contributed by atoms with van der Waals surface area (Å²) < 4.78 is 5.25. The van der Waals surface area contributed by atoms with E-state index in [1.54, 1.807) is 24.3 Å². The first kappa shape index (κ1) is 10.6. The Hall–Kier alpha value is -1.94. The Morgan fingerprint density at radius 1 is 1.25 bits per heavy atom. The van der Waals surface area contributed by atoms with Crippen LogP contribution in [0.2, 0.25) is 5.02 Å². The predicted molar refractivity (Wildman–Crippen MR) is 62.1 cm³/mol. The highest BCUT2D eigenvalue weighted by Crippen LogP contribution is 2.30. The van der Waals surface area contributed by atoms with E-state index in [2.05, 4.69) is 0 Å². The summed E-state index contributed by atoms with van der Waals surface area (Å²) in [6.07, 6.45) is 0. The van der Waals surface area contributed by atoms with Gasteiger partial charge in [-0.05, 0) is 30.3 Å². The highest BCUT2D eigenvalue weighted by atomic mass is 35.5. The van der Waals surface area contributed by atoms with Crippen molar-refractivity contribution in [2.24, 2.45) is 5.73 Å². The summed E-state index contributed by atoms with van der Waals surface area (Å²) in [5, 5.41) is 0.463. The fourth-order valence-corrected chi connectivity index (χ4v) is 1.63. The average molecular weight is 237 g/mol. The summed E-state index contributed by atoms with van der Waals surface area (Å²) in [4.78, 5) is 10.9. The number of carbonyl (C=O) groups is 1.